The van der Waals surface area contributed by atoms with Gasteiger partial charge in [-0.2, -0.15) is 0 Å². The van der Waals surface area contributed by atoms with Crippen LogP contribution in [0.3, 0.4) is 0 Å². The standard InChI is InChI=1S/C20H20N4O3S/c1-27-13-18(25)22-15-6-8-16(9-7-15)23-19(26)14-4-3-5-17(12-14)24-11-10-21-20(24)28-2/h3-12H,13H2,1-2H3,(H,22,25)(H,23,26). The van der Waals surface area contributed by atoms with E-state index in [9.17, 15) is 9.59 Å². The van der Waals surface area contributed by atoms with Crippen molar-refractivity contribution in [1.29, 1.82) is 0 Å². The molecule has 2 N–H and O–H groups in total. The molecular weight excluding hydrogens is 376 g/mol. The van der Waals surface area contributed by atoms with Crippen molar-refractivity contribution >= 4 is 35.0 Å². The minimum absolute atomic E-state index is 0.00993. The summed E-state index contributed by atoms with van der Waals surface area (Å²) in [4.78, 5) is 28.4. The van der Waals surface area contributed by atoms with Crippen LogP contribution in [0.15, 0.2) is 66.1 Å². The largest absolute Gasteiger partial charge is 0.375 e. The van der Waals surface area contributed by atoms with E-state index in [1.54, 1.807) is 36.5 Å². The fourth-order valence-corrected chi connectivity index (χ4v) is 3.13. The van der Waals surface area contributed by atoms with Gasteiger partial charge in [-0.3, -0.25) is 14.2 Å². The molecule has 0 bridgehead atoms. The van der Waals surface area contributed by atoms with Crippen molar-refractivity contribution in [2.45, 2.75) is 5.16 Å². The van der Waals surface area contributed by atoms with E-state index in [4.69, 9.17) is 4.74 Å². The number of aromatic nitrogens is 2. The maximum absolute atomic E-state index is 12.6. The third kappa shape index (κ3) is 4.79. The number of nitrogens with zero attached hydrogens (tertiary/aromatic N) is 2. The zero-order valence-corrected chi connectivity index (χ0v) is 16.3. The summed E-state index contributed by atoms with van der Waals surface area (Å²) in [5.74, 6) is -0.455. The number of methoxy groups -OCH3 is 1. The molecule has 0 aliphatic carbocycles. The summed E-state index contributed by atoms with van der Waals surface area (Å²) in [5.41, 5.74) is 2.67. The quantitative estimate of drug-likeness (QED) is 0.598. The third-order valence-electron chi connectivity index (χ3n) is 3.88. The summed E-state index contributed by atoms with van der Waals surface area (Å²) in [6, 6.07) is 14.2. The van der Waals surface area contributed by atoms with E-state index in [0.29, 0.717) is 16.9 Å². The number of carbonyl (C=O) groups is 2. The molecule has 0 spiro atoms. The Morgan fingerprint density at radius 1 is 1.11 bits per heavy atom. The molecule has 28 heavy (non-hydrogen) atoms. The van der Waals surface area contributed by atoms with Gasteiger partial charge >= 0.3 is 0 Å². The number of benzene rings is 2. The van der Waals surface area contributed by atoms with Crippen LogP contribution in [0.2, 0.25) is 0 Å². The monoisotopic (exact) mass is 396 g/mol. The fraction of sp³-hybridized carbons (Fsp3) is 0.150. The summed E-state index contributed by atoms with van der Waals surface area (Å²) in [6.07, 6.45) is 5.54. The smallest absolute Gasteiger partial charge is 0.255 e. The Bertz CT molecular complexity index is 970. The predicted molar refractivity (Wildman–Crippen MR) is 110 cm³/mol. The number of ether oxygens (including phenoxy) is 1. The van der Waals surface area contributed by atoms with Crippen LogP contribution in [0.4, 0.5) is 11.4 Å². The lowest BCUT2D eigenvalue weighted by molar-refractivity contribution is -0.119. The normalized spacial score (nSPS) is 10.5. The highest BCUT2D eigenvalue weighted by atomic mass is 32.2. The van der Waals surface area contributed by atoms with Crippen molar-refractivity contribution in [3.63, 3.8) is 0 Å². The van der Waals surface area contributed by atoms with Gasteiger partial charge in [0.25, 0.3) is 5.91 Å². The molecule has 0 unspecified atom stereocenters. The number of imidazole rings is 1. The van der Waals surface area contributed by atoms with E-state index in [1.165, 1.54) is 18.9 Å². The molecule has 0 atom stereocenters. The first kappa shape index (κ1) is 19.7. The first-order valence-electron chi connectivity index (χ1n) is 8.48. The van der Waals surface area contributed by atoms with E-state index >= 15 is 0 Å². The molecule has 144 valence electrons. The second-order valence-corrected chi connectivity index (χ2v) is 6.62. The predicted octanol–water partition coefficient (Wildman–Crippen LogP) is 3.43. The van der Waals surface area contributed by atoms with E-state index < -0.39 is 0 Å². The Morgan fingerprint density at radius 3 is 2.50 bits per heavy atom. The molecule has 3 rings (SSSR count). The molecule has 1 heterocycles. The zero-order valence-electron chi connectivity index (χ0n) is 15.5. The van der Waals surface area contributed by atoms with Crippen molar-refractivity contribution in [3.8, 4) is 5.69 Å². The van der Waals surface area contributed by atoms with Gasteiger partial charge in [-0.15, -0.1) is 0 Å². The molecular formula is C20H20N4O3S. The SMILES string of the molecule is COCC(=O)Nc1ccc(NC(=O)c2cccc(-n3ccnc3SC)c2)cc1. The average molecular weight is 396 g/mol. The summed E-state index contributed by atoms with van der Waals surface area (Å²) < 4.78 is 6.71. The van der Waals surface area contributed by atoms with Gasteiger partial charge in [0.15, 0.2) is 5.16 Å². The first-order valence-corrected chi connectivity index (χ1v) is 9.71. The van der Waals surface area contributed by atoms with Gasteiger partial charge in [-0.25, -0.2) is 4.98 Å². The maximum atomic E-state index is 12.6. The number of nitrogens with one attached hydrogen (secondary N) is 2. The molecule has 0 aliphatic heterocycles. The number of hydrogen-bond donors (Lipinski definition) is 2. The lowest BCUT2D eigenvalue weighted by Crippen LogP contribution is -2.17. The number of amides is 2. The van der Waals surface area contributed by atoms with Gasteiger partial charge in [0.05, 0.1) is 0 Å². The molecule has 1 aromatic heterocycles. The molecule has 0 aliphatic rings. The number of anilines is 2. The van der Waals surface area contributed by atoms with Gasteiger partial charge in [-0.05, 0) is 48.7 Å². The van der Waals surface area contributed by atoms with E-state index in [1.807, 2.05) is 35.2 Å². The van der Waals surface area contributed by atoms with Gasteiger partial charge in [0, 0.05) is 42.1 Å². The Labute approximate surface area is 167 Å². The van der Waals surface area contributed by atoms with Crippen LogP contribution in [0.25, 0.3) is 5.69 Å². The number of thioether (sulfide) groups is 1. The van der Waals surface area contributed by atoms with Gasteiger partial charge in [0.1, 0.15) is 6.61 Å². The van der Waals surface area contributed by atoms with Crippen molar-refractivity contribution in [2.24, 2.45) is 0 Å². The molecule has 2 amide bonds. The van der Waals surface area contributed by atoms with Crippen LogP contribution in [-0.2, 0) is 9.53 Å². The number of carbonyl (C=O) groups excluding carboxylic acids is 2. The second kappa shape index (κ2) is 9.20. The minimum atomic E-state index is -0.236. The Balaban J connectivity index is 1.70. The maximum Gasteiger partial charge on any atom is 0.255 e. The number of hydrogen-bond acceptors (Lipinski definition) is 5. The zero-order chi connectivity index (χ0) is 19.9. The molecule has 3 aromatic rings. The molecule has 0 radical (unpaired) electrons. The summed E-state index contributed by atoms with van der Waals surface area (Å²) >= 11 is 1.54. The third-order valence-corrected chi connectivity index (χ3v) is 4.55. The minimum Gasteiger partial charge on any atom is -0.375 e. The first-order chi connectivity index (χ1) is 13.6. The van der Waals surface area contributed by atoms with Crippen LogP contribution >= 0.6 is 11.8 Å². The Morgan fingerprint density at radius 2 is 1.82 bits per heavy atom. The van der Waals surface area contributed by atoms with E-state index in [0.717, 1.165) is 10.8 Å². The topological polar surface area (TPSA) is 85.3 Å². The Kier molecular flexibility index (Phi) is 6.46. The molecule has 2 aromatic carbocycles. The highest BCUT2D eigenvalue weighted by Crippen LogP contribution is 2.20. The van der Waals surface area contributed by atoms with Gasteiger partial charge < -0.3 is 15.4 Å². The Hall–Kier alpha value is -3.10. The van der Waals surface area contributed by atoms with E-state index in [2.05, 4.69) is 15.6 Å². The van der Waals surface area contributed by atoms with Gasteiger partial charge in [-0.1, -0.05) is 17.8 Å². The lowest BCUT2D eigenvalue weighted by Gasteiger charge is -2.10. The highest BCUT2D eigenvalue weighted by Gasteiger charge is 2.10. The molecule has 0 saturated heterocycles. The molecule has 0 saturated carbocycles. The van der Waals surface area contributed by atoms with Crippen LogP contribution in [0.5, 0.6) is 0 Å². The van der Waals surface area contributed by atoms with Gasteiger partial charge in [0.2, 0.25) is 5.91 Å². The molecule has 0 fully saturated rings. The van der Waals surface area contributed by atoms with Crippen molar-refractivity contribution in [1.82, 2.24) is 9.55 Å². The van der Waals surface area contributed by atoms with Crippen molar-refractivity contribution in [3.05, 3.63) is 66.5 Å². The average Bonchev–Trinajstić information content (AvgIpc) is 3.18. The second-order valence-electron chi connectivity index (χ2n) is 5.85. The van der Waals surface area contributed by atoms with Crippen molar-refractivity contribution in [2.75, 3.05) is 30.6 Å². The summed E-state index contributed by atoms with van der Waals surface area (Å²) in [6.45, 7) is -0.00993. The van der Waals surface area contributed by atoms with Crippen LogP contribution in [0, 0.1) is 0 Å². The molecule has 7 nitrogen and oxygen atoms in total. The fourth-order valence-electron chi connectivity index (χ4n) is 2.60. The van der Waals surface area contributed by atoms with Crippen LogP contribution in [0.1, 0.15) is 10.4 Å². The number of rotatable bonds is 7. The van der Waals surface area contributed by atoms with Crippen molar-refractivity contribution < 1.29 is 14.3 Å². The van der Waals surface area contributed by atoms with E-state index in [-0.39, 0.29) is 18.4 Å². The highest BCUT2D eigenvalue weighted by molar-refractivity contribution is 7.98. The molecule has 8 heteroatoms. The summed E-state index contributed by atoms with van der Waals surface area (Å²) in [7, 11) is 1.46. The summed E-state index contributed by atoms with van der Waals surface area (Å²) in [5, 5.41) is 6.41. The van der Waals surface area contributed by atoms with Crippen LogP contribution in [-0.4, -0.2) is 41.3 Å². The van der Waals surface area contributed by atoms with Crippen LogP contribution < -0.4 is 10.6 Å². The lowest BCUT2D eigenvalue weighted by atomic mass is 10.1.